The molecule has 2 rings (SSSR count). The van der Waals surface area contributed by atoms with Gasteiger partial charge in [0.15, 0.2) is 10.3 Å². The van der Waals surface area contributed by atoms with Crippen LogP contribution in [0.15, 0.2) is 30.3 Å². The molecule has 7 heteroatoms. The van der Waals surface area contributed by atoms with E-state index in [0.717, 1.165) is 0 Å². The van der Waals surface area contributed by atoms with Gasteiger partial charge in [0.1, 0.15) is 5.82 Å². The molecule has 1 heterocycles. The van der Waals surface area contributed by atoms with Crippen LogP contribution in [0.25, 0.3) is 0 Å². The number of aromatic nitrogens is 2. The van der Waals surface area contributed by atoms with E-state index in [1.54, 1.807) is 25.1 Å². The number of carbonyl (C=O) groups excluding carboxylic acids is 1. The van der Waals surface area contributed by atoms with Gasteiger partial charge in [-0.1, -0.05) is 41.4 Å². The molecule has 4 nitrogen and oxygen atoms in total. The lowest BCUT2D eigenvalue weighted by Crippen LogP contribution is -2.27. The highest BCUT2D eigenvalue weighted by molar-refractivity contribution is 6.34. The molecule has 0 bridgehead atoms. The molecule has 1 N–H and O–H groups in total. The van der Waals surface area contributed by atoms with Gasteiger partial charge in [-0.05, 0) is 19.1 Å². The van der Waals surface area contributed by atoms with Crippen molar-refractivity contribution in [2.75, 3.05) is 0 Å². The third kappa shape index (κ3) is 3.23. The first-order valence-electron chi connectivity index (χ1n) is 5.73. The zero-order valence-corrected chi connectivity index (χ0v) is 11.9. The average molecular weight is 314 g/mol. The van der Waals surface area contributed by atoms with Crippen molar-refractivity contribution in [3.63, 3.8) is 0 Å². The van der Waals surface area contributed by atoms with E-state index < -0.39 is 17.8 Å². The van der Waals surface area contributed by atoms with Gasteiger partial charge in [0.2, 0.25) is 0 Å². The Labute approximate surface area is 124 Å². The van der Waals surface area contributed by atoms with E-state index in [0.29, 0.717) is 5.56 Å². The molecule has 0 fully saturated rings. The normalized spacial score (nSPS) is 12.0. The standard InChI is InChI=1S/C13H10Cl2FN3O/c1-7(8-4-2-3-5-10(8)16)17-13(20)9-6-11(14)18-19-12(9)15/h2-7H,1H3,(H,17,20). The minimum atomic E-state index is -0.522. The quantitative estimate of drug-likeness (QED) is 0.944. The molecule has 0 saturated carbocycles. The maximum Gasteiger partial charge on any atom is 0.255 e. The SMILES string of the molecule is CC(NC(=O)c1cc(Cl)nnc1Cl)c1ccccc1F. The Balaban J connectivity index is 2.20. The van der Waals surface area contributed by atoms with Crippen LogP contribution in [0.5, 0.6) is 0 Å². The van der Waals surface area contributed by atoms with Crippen LogP contribution >= 0.6 is 23.2 Å². The smallest absolute Gasteiger partial charge is 0.255 e. The van der Waals surface area contributed by atoms with E-state index in [1.807, 2.05) is 0 Å². The molecule has 1 aromatic carbocycles. The molecule has 20 heavy (non-hydrogen) atoms. The molecule has 0 aliphatic carbocycles. The van der Waals surface area contributed by atoms with Crippen LogP contribution in [0.4, 0.5) is 4.39 Å². The Bertz CT molecular complexity index is 651. The first kappa shape index (κ1) is 14.7. The molecule has 0 radical (unpaired) electrons. The zero-order chi connectivity index (χ0) is 14.7. The molecule has 1 unspecified atom stereocenters. The number of hydrogen-bond acceptors (Lipinski definition) is 3. The minimum Gasteiger partial charge on any atom is -0.345 e. The number of rotatable bonds is 3. The minimum absolute atomic E-state index is 0.0538. The number of halogens is 3. The molecule has 0 aliphatic rings. The second-order valence-corrected chi connectivity index (χ2v) is 4.83. The van der Waals surface area contributed by atoms with Crippen molar-refractivity contribution < 1.29 is 9.18 Å². The van der Waals surface area contributed by atoms with E-state index >= 15 is 0 Å². The highest BCUT2D eigenvalue weighted by Crippen LogP contribution is 2.19. The molecule has 2 aromatic rings. The number of carbonyl (C=O) groups is 1. The van der Waals surface area contributed by atoms with Gasteiger partial charge in [-0.3, -0.25) is 4.79 Å². The van der Waals surface area contributed by atoms with Crippen LogP contribution in [0, 0.1) is 5.82 Å². The van der Waals surface area contributed by atoms with Crippen molar-refractivity contribution in [3.8, 4) is 0 Å². The summed E-state index contributed by atoms with van der Waals surface area (Å²) in [5.74, 6) is -0.889. The fraction of sp³-hybridized carbons (Fsp3) is 0.154. The molecule has 0 aliphatic heterocycles. The van der Waals surface area contributed by atoms with Crippen LogP contribution in [0.3, 0.4) is 0 Å². The predicted molar refractivity (Wildman–Crippen MR) is 74.3 cm³/mol. The monoisotopic (exact) mass is 313 g/mol. The Hall–Kier alpha value is -1.72. The molecular weight excluding hydrogens is 304 g/mol. The van der Waals surface area contributed by atoms with Gasteiger partial charge in [0, 0.05) is 5.56 Å². The lowest BCUT2D eigenvalue weighted by Gasteiger charge is -2.15. The lowest BCUT2D eigenvalue weighted by atomic mass is 10.1. The molecule has 1 atom stereocenters. The molecule has 1 aromatic heterocycles. The number of benzene rings is 1. The predicted octanol–water partition coefficient (Wildman–Crippen LogP) is 3.41. The van der Waals surface area contributed by atoms with Crippen molar-refractivity contribution in [2.24, 2.45) is 0 Å². The molecule has 104 valence electrons. The Morgan fingerprint density at radius 2 is 2.00 bits per heavy atom. The van der Waals surface area contributed by atoms with Gasteiger partial charge in [-0.25, -0.2) is 4.39 Å². The summed E-state index contributed by atoms with van der Waals surface area (Å²) in [6.45, 7) is 1.67. The first-order valence-corrected chi connectivity index (χ1v) is 6.48. The maximum absolute atomic E-state index is 13.6. The maximum atomic E-state index is 13.6. The van der Waals surface area contributed by atoms with E-state index in [2.05, 4.69) is 15.5 Å². The molecule has 0 spiro atoms. The molecular formula is C13H10Cl2FN3O. The number of nitrogens with zero attached hydrogens (tertiary/aromatic N) is 2. The Morgan fingerprint density at radius 1 is 1.30 bits per heavy atom. The third-order valence-electron chi connectivity index (χ3n) is 2.68. The lowest BCUT2D eigenvalue weighted by molar-refractivity contribution is 0.0939. The van der Waals surface area contributed by atoms with Crippen LogP contribution in [-0.2, 0) is 0 Å². The van der Waals surface area contributed by atoms with Crippen LogP contribution in [-0.4, -0.2) is 16.1 Å². The molecule has 0 saturated heterocycles. The summed E-state index contributed by atoms with van der Waals surface area (Å²) in [6.07, 6.45) is 0. The summed E-state index contributed by atoms with van der Waals surface area (Å²) in [5.41, 5.74) is 0.472. The van der Waals surface area contributed by atoms with Gasteiger partial charge >= 0.3 is 0 Å². The summed E-state index contributed by atoms with van der Waals surface area (Å²) in [6, 6.07) is 6.98. The number of nitrogens with one attached hydrogen (secondary N) is 1. The fourth-order valence-electron chi connectivity index (χ4n) is 1.69. The van der Waals surface area contributed by atoms with Gasteiger partial charge in [0.25, 0.3) is 5.91 Å². The Morgan fingerprint density at radius 3 is 2.70 bits per heavy atom. The van der Waals surface area contributed by atoms with Crippen molar-refractivity contribution in [1.29, 1.82) is 0 Å². The second kappa shape index (κ2) is 6.15. The summed E-state index contributed by atoms with van der Waals surface area (Å²) in [7, 11) is 0. The highest BCUT2D eigenvalue weighted by atomic mass is 35.5. The summed E-state index contributed by atoms with van der Waals surface area (Å²) in [5, 5.41) is 9.69. The fourth-order valence-corrected chi connectivity index (χ4v) is 2.02. The van der Waals surface area contributed by atoms with Crippen molar-refractivity contribution >= 4 is 29.1 Å². The van der Waals surface area contributed by atoms with Crippen molar-refractivity contribution in [3.05, 3.63) is 57.6 Å². The van der Waals surface area contributed by atoms with E-state index in [9.17, 15) is 9.18 Å². The highest BCUT2D eigenvalue weighted by Gasteiger charge is 2.17. The van der Waals surface area contributed by atoms with Gasteiger partial charge < -0.3 is 5.32 Å². The van der Waals surface area contributed by atoms with E-state index in [1.165, 1.54) is 12.1 Å². The third-order valence-corrected chi connectivity index (χ3v) is 3.15. The van der Waals surface area contributed by atoms with Crippen LogP contribution in [0.2, 0.25) is 10.3 Å². The number of hydrogen-bond donors (Lipinski definition) is 1. The summed E-state index contributed by atoms with van der Waals surface area (Å²) < 4.78 is 13.6. The second-order valence-electron chi connectivity index (χ2n) is 4.09. The van der Waals surface area contributed by atoms with Gasteiger partial charge in [-0.2, -0.15) is 0 Å². The number of amides is 1. The van der Waals surface area contributed by atoms with Gasteiger partial charge in [-0.15, -0.1) is 10.2 Å². The topological polar surface area (TPSA) is 54.9 Å². The first-order chi connectivity index (χ1) is 9.49. The van der Waals surface area contributed by atoms with Gasteiger partial charge in [0.05, 0.1) is 11.6 Å². The zero-order valence-electron chi connectivity index (χ0n) is 10.4. The van der Waals surface area contributed by atoms with E-state index in [4.69, 9.17) is 23.2 Å². The van der Waals surface area contributed by atoms with Crippen molar-refractivity contribution in [1.82, 2.24) is 15.5 Å². The molecule has 1 amide bonds. The van der Waals surface area contributed by atoms with Crippen LogP contribution in [0.1, 0.15) is 28.9 Å². The van der Waals surface area contributed by atoms with Crippen LogP contribution < -0.4 is 5.32 Å². The van der Waals surface area contributed by atoms with Crippen molar-refractivity contribution in [2.45, 2.75) is 13.0 Å². The largest absolute Gasteiger partial charge is 0.345 e. The average Bonchev–Trinajstić information content (AvgIpc) is 2.41. The van der Waals surface area contributed by atoms with E-state index in [-0.39, 0.29) is 15.9 Å². The Kier molecular flexibility index (Phi) is 4.52. The summed E-state index contributed by atoms with van der Waals surface area (Å²) in [4.78, 5) is 12.1. The summed E-state index contributed by atoms with van der Waals surface area (Å²) >= 11 is 11.5.